The van der Waals surface area contributed by atoms with E-state index in [0.717, 1.165) is 19.6 Å². The van der Waals surface area contributed by atoms with Gasteiger partial charge in [0.25, 0.3) is 0 Å². The van der Waals surface area contributed by atoms with E-state index in [4.69, 9.17) is 23.2 Å². The van der Waals surface area contributed by atoms with Crippen LogP contribution in [0.25, 0.3) is 0 Å². The quantitative estimate of drug-likeness (QED) is 0.887. The molecule has 7 heteroatoms. The van der Waals surface area contributed by atoms with Crippen molar-refractivity contribution in [3.63, 3.8) is 0 Å². The summed E-state index contributed by atoms with van der Waals surface area (Å²) in [5.41, 5.74) is 0. The molecule has 1 heterocycles. The van der Waals surface area contributed by atoms with Crippen LogP contribution >= 0.6 is 23.2 Å². The fraction of sp³-hybridized carbons (Fsp3) is 0.571. The van der Waals surface area contributed by atoms with Crippen LogP contribution in [0.1, 0.15) is 25.7 Å². The van der Waals surface area contributed by atoms with Crippen molar-refractivity contribution in [3.8, 4) is 0 Å². The highest BCUT2D eigenvalue weighted by atomic mass is 35.5. The smallest absolute Gasteiger partial charge is 0.242 e. The van der Waals surface area contributed by atoms with Crippen LogP contribution in [0.5, 0.6) is 0 Å². The monoisotopic (exact) mass is 350 g/mol. The number of benzene rings is 1. The van der Waals surface area contributed by atoms with Gasteiger partial charge < -0.3 is 4.90 Å². The van der Waals surface area contributed by atoms with E-state index in [1.165, 1.54) is 31.7 Å². The van der Waals surface area contributed by atoms with E-state index in [-0.39, 0.29) is 14.9 Å². The highest BCUT2D eigenvalue weighted by Gasteiger charge is 2.19. The van der Waals surface area contributed by atoms with Crippen LogP contribution < -0.4 is 4.72 Å². The molecule has 1 N–H and O–H groups in total. The molecule has 0 bridgehead atoms. The first-order valence-corrected chi connectivity index (χ1v) is 9.40. The molecule has 118 valence electrons. The molecule has 0 radical (unpaired) electrons. The zero-order valence-electron chi connectivity index (χ0n) is 11.8. The third-order valence-electron chi connectivity index (χ3n) is 3.62. The molecule has 1 fully saturated rings. The lowest BCUT2D eigenvalue weighted by Gasteiger charge is -2.19. The van der Waals surface area contributed by atoms with Crippen LogP contribution in [0.4, 0.5) is 0 Å². The lowest BCUT2D eigenvalue weighted by molar-refractivity contribution is 0.290. The SMILES string of the molecule is O=S(=O)(NCCN1CCCCCC1)c1cccc(Cl)c1Cl. The predicted octanol–water partition coefficient (Wildman–Crippen LogP) is 3.15. The maximum atomic E-state index is 12.2. The van der Waals surface area contributed by atoms with Crippen LogP contribution in [0.15, 0.2) is 23.1 Å². The number of hydrogen-bond donors (Lipinski definition) is 1. The lowest BCUT2D eigenvalue weighted by atomic mass is 10.2. The van der Waals surface area contributed by atoms with E-state index in [0.29, 0.717) is 6.54 Å². The normalized spacial score (nSPS) is 17.6. The Bertz CT molecular complexity index is 570. The molecule has 21 heavy (non-hydrogen) atoms. The van der Waals surface area contributed by atoms with Crippen molar-refractivity contribution in [2.24, 2.45) is 0 Å². The summed E-state index contributed by atoms with van der Waals surface area (Å²) in [6.45, 7) is 3.18. The van der Waals surface area contributed by atoms with Gasteiger partial charge in [-0.1, -0.05) is 42.1 Å². The van der Waals surface area contributed by atoms with Crippen molar-refractivity contribution in [2.75, 3.05) is 26.2 Å². The molecule has 1 aromatic carbocycles. The molecule has 0 amide bonds. The van der Waals surface area contributed by atoms with E-state index in [1.54, 1.807) is 12.1 Å². The second-order valence-corrected chi connectivity index (χ2v) is 7.73. The highest BCUT2D eigenvalue weighted by Crippen LogP contribution is 2.28. The second-order valence-electron chi connectivity index (χ2n) is 5.21. The van der Waals surface area contributed by atoms with Gasteiger partial charge in [0.2, 0.25) is 10.0 Å². The molecule has 1 aromatic rings. The summed E-state index contributed by atoms with van der Waals surface area (Å²) in [6, 6.07) is 4.61. The first-order valence-electron chi connectivity index (χ1n) is 7.17. The van der Waals surface area contributed by atoms with Crippen LogP contribution in [0.2, 0.25) is 10.0 Å². The molecule has 1 aliphatic heterocycles. The Morgan fingerprint density at radius 3 is 2.43 bits per heavy atom. The molecule has 0 spiro atoms. The van der Waals surface area contributed by atoms with Gasteiger partial charge >= 0.3 is 0 Å². The summed E-state index contributed by atoms with van der Waals surface area (Å²) in [5.74, 6) is 0. The topological polar surface area (TPSA) is 49.4 Å². The first kappa shape index (κ1) is 17.0. The van der Waals surface area contributed by atoms with Crippen LogP contribution in [-0.2, 0) is 10.0 Å². The molecule has 0 aromatic heterocycles. The Hall–Kier alpha value is -0.330. The predicted molar refractivity (Wildman–Crippen MR) is 86.6 cm³/mol. The van der Waals surface area contributed by atoms with Crippen molar-refractivity contribution < 1.29 is 8.42 Å². The van der Waals surface area contributed by atoms with Gasteiger partial charge in [0, 0.05) is 13.1 Å². The zero-order chi connectivity index (χ0) is 15.3. The van der Waals surface area contributed by atoms with Crippen LogP contribution in [-0.4, -0.2) is 39.5 Å². The second kappa shape index (κ2) is 7.79. The summed E-state index contributed by atoms with van der Waals surface area (Å²) >= 11 is 11.8. The van der Waals surface area contributed by atoms with Crippen molar-refractivity contribution in [2.45, 2.75) is 30.6 Å². The Balaban J connectivity index is 1.93. The molecular formula is C14H20Cl2N2O2S. The van der Waals surface area contributed by atoms with E-state index in [2.05, 4.69) is 9.62 Å². The van der Waals surface area contributed by atoms with Crippen molar-refractivity contribution in [1.82, 2.24) is 9.62 Å². The fourth-order valence-electron chi connectivity index (χ4n) is 2.47. The minimum atomic E-state index is -3.62. The number of sulfonamides is 1. The summed E-state index contributed by atoms with van der Waals surface area (Å²) in [6.07, 6.45) is 4.90. The molecule has 0 unspecified atom stereocenters. The van der Waals surface area contributed by atoms with Crippen molar-refractivity contribution >= 4 is 33.2 Å². The summed E-state index contributed by atoms with van der Waals surface area (Å²) in [4.78, 5) is 2.34. The highest BCUT2D eigenvalue weighted by molar-refractivity contribution is 7.89. The summed E-state index contributed by atoms with van der Waals surface area (Å²) < 4.78 is 27.1. The number of nitrogens with zero attached hydrogens (tertiary/aromatic N) is 1. The van der Waals surface area contributed by atoms with Crippen molar-refractivity contribution in [3.05, 3.63) is 28.2 Å². The zero-order valence-corrected chi connectivity index (χ0v) is 14.1. The number of nitrogens with one attached hydrogen (secondary N) is 1. The van der Waals surface area contributed by atoms with Crippen LogP contribution in [0, 0.1) is 0 Å². The van der Waals surface area contributed by atoms with Gasteiger partial charge in [-0.3, -0.25) is 0 Å². The van der Waals surface area contributed by atoms with Crippen molar-refractivity contribution in [1.29, 1.82) is 0 Å². The standard InChI is InChI=1S/C14H20Cl2N2O2S/c15-12-6-5-7-13(14(12)16)21(19,20)17-8-11-18-9-3-1-2-4-10-18/h5-7,17H,1-4,8-11H2. The Morgan fingerprint density at radius 1 is 1.10 bits per heavy atom. The number of halogens is 2. The summed E-state index contributed by atoms with van der Waals surface area (Å²) in [7, 11) is -3.62. The largest absolute Gasteiger partial charge is 0.302 e. The average Bonchev–Trinajstić information content (AvgIpc) is 2.70. The molecule has 0 aliphatic carbocycles. The molecule has 0 saturated carbocycles. The van der Waals surface area contributed by atoms with Gasteiger partial charge in [-0.05, 0) is 38.1 Å². The molecular weight excluding hydrogens is 331 g/mol. The number of likely N-dealkylation sites (tertiary alicyclic amines) is 1. The van der Waals surface area contributed by atoms with Gasteiger partial charge in [0.1, 0.15) is 4.90 Å². The number of rotatable bonds is 5. The molecule has 2 rings (SSSR count). The first-order chi connectivity index (χ1) is 10.0. The average molecular weight is 351 g/mol. The maximum Gasteiger partial charge on any atom is 0.242 e. The van der Waals surface area contributed by atoms with E-state index >= 15 is 0 Å². The van der Waals surface area contributed by atoms with E-state index < -0.39 is 10.0 Å². The van der Waals surface area contributed by atoms with Gasteiger partial charge in [-0.2, -0.15) is 0 Å². The van der Waals surface area contributed by atoms with E-state index in [1.807, 2.05) is 0 Å². The minimum Gasteiger partial charge on any atom is -0.302 e. The van der Waals surface area contributed by atoms with Gasteiger partial charge in [-0.25, -0.2) is 13.1 Å². The molecule has 0 atom stereocenters. The lowest BCUT2D eigenvalue weighted by Crippen LogP contribution is -2.35. The van der Waals surface area contributed by atoms with Crippen LogP contribution in [0.3, 0.4) is 0 Å². The number of hydrogen-bond acceptors (Lipinski definition) is 3. The molecule has 1 saturated heterocycles. The summed E-state index contributed by atoms with van der Waals surface area (Å²) in [5, 5.41) is 0.313. The third kappa shape index (κ3) is 4.83. The van der Waals surface area contributed by atoms with Gasteiger partial charge in [-0.15, -0.1) is 0 Å². The van der Waals surface area contributed by atoms with Gasteiger partial charge in [0.05, 0.1) is 10.0 Å². The maximum absolute atomic E-state index is 12.2. The molecule has 1 aliphatic rings. The fourth-order valence-corrected chi connectivity index (χ4v) is 4.25. The minimum absolute atomic E-state index is 0.0348. The Morgan fingerprint density at radius 2 is 1.76 bits per heavy atom. The Kier molecular flexibility index (Phi) is 6.32. The molecule has 4 nitrogen and oxygen atoms in total. The Labute approximate surface area is 136 Å². The van der Waals surface area contributed by atoms with E-state index in [9.17, 15) is 8.42 Å². The van der Waals surface area contributed by atoms with Gasteiger partial charge in [0.15, 0.2) is 0 Å². The third-order valence-corrected chi connectivity index (χ3v) is 6.06.